The monoisotopic (exact) mass is 274 g/mol. The van der Waals surface area contributed by atoms with E-state index in [1.807, 2.05) is 18.7 Å². The van der Waals surface area contributed by atoms with Gasteiger partial charge >= 0.3 is 0 Å². The van der Waals surface area contributed by atoms with Crippen LogP contribution in [0.3, 0.4) is 0 Å². The highest BCUT2D eigenvalue weighted by atomic mass is 16.2. The number of hydrogen-bond acceptors (Lipinski definition) is 3. The fourth-order valence-corrected chi connectivity index (χ4v) is 2.73. The lowest BCUT2D eigenvalue weighted by molar-refractivity contribution is -0.117. The number of nitrogens with one attached hydrogen (secondary N) is 2. The quantitative estimate of drug-likeness (QED) is 0.863. The van der Waals surface area contributed by atoms with Crippen molar-refractivity contribution in [3.63, 3.8) is 0 Å². The lowest BCUT2D eigenvalue weighted by Gasteiger charge is -2.16. The Bertz CT molecular complexity index is 523. The molecule has 5 nitrogen and oxygen atoms in total. The summed E-state index contributed by atoms with van der Waals surface area (Å²) in [5, 5.41) is 12.2. The number of aromatic amines is 1. The summed E-state index contributed by atoms with van der Waals surface area (Å²) in [5.41, 5.74) is 2.83. The maximum Gasteiger partial charge on any atom is 0.239 e. The van der Waals surface area contributed by atoms with Crippen molar-refractivity contribution in [1.29, 1.82) is 5.26 Å². The summed E-state index contributed by atoms with van der Waals surface area (Å²) in [4.78, 5) is 17.3. The molecule has 0 fully saturated rings. The van der Waals surface area contributed by atoms with Crippen LogP contribution >= 0.6 is 0 Å². The highest BCUT2D eigenvalue weighted by Crippen LogP contribution is 2.29. The number of nitrogens with zero attached hydrogens (tertiary/aromatic N) is 2. The second-order valence-electron chi connectivity index (χ2n) is 5.16. The molecule has 0 saturated carbocycles. The number of amides is 1. The number of rotatable bonds is 5. The van der Waals surface area contributed by atoms with E-state index in [0.29, 0.717) is 17.9 Å². The van der Waals surface area contributed by atoms with E-state index in [2.05, 4.69) is 16.4 Å². The molecule has 1 aliphatic carbocycles. The van der Waals surface area contributed by atoms with Crippen LogP contribution in [-0.4, -0.2) is 35.4 Å². The molecule has 1 aromatic rings. The molecule has 0 saturated heterocycles. The molecule has 1 amide bonds. The van der Waals surface area contributed by atoms with Gasteiger partial charge in [0.05, 0.1) is 12.1 Å². The fraction of sp³-hybridized carbons (Fsp3) is 0.600. The minimum atomic E-state index is -0.0659. The summed E-state index contributed by atoms with van der Waals surface area (Å²) in [6.07, 6.45) is 4.16. The lowest BCUT2D eigenvalue weighted by atomic mass is 9.95. The number of carbonyl (C=O) groups is 1. The van der Waals surface area contributed by atoms with E-state index in [1.54, 1.807) is 0 Å². The highest BCUT2D eigenvalue weighted by Gasteiger charge is 2.21. The van der Waals surface area contributed by atoms with Crippen molar-refractivity contribution in [2.24, 2.45) is 0 Å². The summed E-state index contributed by atoms with van der Waals surface area (Å²) in [7, 11) is 0. The van der Waals surface area contributed by atoms with E-state index in [1.165, 1.54) is 0 Å². The van der Waals surface area contributed by atoms with Gasteiger partial charge in [0.1, 0.15) is 11.9 Å². The molecule has 1 aromatic heterocycles. The van der Waals surface area contributed by atoms with Crippen LogP contribution in [0.15, 0.2) is 0 Å². The number of likely N-dealkylation sites (N-methyl/N-ethyl adjacent to an activating group) is 1. The van der Waals surface area contributed by atoms with E-state index < -0.39 is 0 Å². The third-order valence-corrected chi connectivity index (χ3v) is 3.93. The molecule has 0 aromatic carbocycles. The molecule has 0 atom stereocenters. The van der Waals surface area contributed by atoms with Crippen molar-refractivity contribution in [3.8, 4) is 6.07 Å². The second-order valence-corrected chi connectivity index (χ2v) is 5.16. The van der Waals surface area contributed by atoms with Crippen molar-refractivity contribution in [3.05, 3.63) is 16.8 Å². The first-order valence-electron chi connectivity index (χ1n) is 7.35. The Kier molecular flexibility index (Phi) is 4.80. The number of H-pyrrole nitrogens is 1. The number of hydrogen-bond donors (Lipinski definition) is 2. The predicted octanol–water partition coefficient (Wildman–Crippen LogP) is 2.05. The van der Waals surface area contributed by atoms with Crippen LogP contribution in [0.25, 0.3) is 0 Å². The molecule has 0 aliphatic heterocycles. The molecule has 1 aliphatic rings. The maximum absolute atomic E-state index is 12.0. The van der Waals surface area contributed by atoms with Crippen molar-refractivity contribution < 1.29 is 4.79 Å². The molecule has 2 N–H and O–H groups in total. The van der Waals surface area contributed by atoms with E-state index >= 15 is 0 Å². The zero-order chi connectivity index (χ0) is 14.5. The van der Waals surface area contributed by atoms with E-state index in [0.717, 1.165) is 50.0 Å². The first-order valence-corrected chi connectivity index (χ1v) is 7.35. The number of carbonyl (C=O) groups excluding carboxylic acids is 1. The number of aromatic nitrogens is 1. The van der Waals surface area contributed by atoms with Crippen LogP contribution in [-0.2, 0) is 17.6 Å². The molecule has 20 heavy (non-hydrogen) atoms. The van der Waals surface area contributed by atoms with E-state index in [-0.39, 0.29) is 5.91 Å². The summed E-state index contributed by atoms with van der Waals surface area (Å²) < 4.78 is 0. The standard InChI is InChI=1S/C15H22N4O/c1-3-19(4-2)10-14(20)18-15-12(9-16)11-7-5-6-8-13(11)17-15/h17H,3-8,10H2,1-2H3,(H,18,20). The summed E-state index contributed by atoms with van der Waals surface area (Å²) in [6.45, 7) is 6.11. The molecular weight excluding hydrogens is 252 g/mol. The van der Waals surface area contributed by atoms with Gasteiger partial charge in [-0.15, -0.1) is 0 Å². The second kappa shape index (κ2) is 6.58. The number of nitriles is 1. The van der Waals surface area contributed by atoms with E-state index in [9.17, 15) is 10.1 Å². The zero-order valence-electron chi connectivity index (χ0n) is 12.3. The van der Waals surface area contributed by atoms with Gasteiger partial charge in [-0.25, -0.2) is 0 Å². The Morgan fingerprint density at radius 2 is 2.05 bits per heavy atom. The normalized spacial score (nSPS) is 13.9. The molecule has 1 heterocycles. The minimum Gasteiger partial charge on any atom is -0.344 e. The average molecular weight is 274 g/mol. The van der Waals surface area contributed by atoms with Crippen LogP contribution in [0.5, 0.6) is 0 Å². The highest BCUT2D eigenvalue weighted by molar-refractivity contribution is 5.93. The average Bonchev–Trinajstić information content (AvgIpc) is 2.81. The predicted molar refractivity (Wildman–Crippen MR) is 78.6 cm³/mol. The fourth-order valence-electron chi connectivity index (χ4n) is 2.73. The van der Waals surface area contributed by atoms with Gasteiger partial charge < -0.3 is 10.3 Å². The number of fused-ring (bicyclic) bond motifs is 1. The minimum absolute atomic E-state index is 0.0659. The maximum atomic E-state index is 12.0. The van der Waals surface area contributed by atoms with Crippen molar-refractivity contribution in [2.45, 2.75) is 39.5 Å². The molecule has 0 bridgehead atoms. The van der Waals surface area contributed by atoms with Crippen molar-refractivity contribution in [2.75, 3.05) is 25.0 Å². The van der Waals surface area contributed by atoms with Gasteiger partial charge in [-0.3, -0.25) is 9.69 Å². The Morgan fingerprint density at radius 3 is 2.70 bits per heavy atom. The topological polar surface area (TPSA) is 71.9 Å². The number of anilines is 1. The largest absolute Gasteiger partial charge is 0.344 e. The Balaban J connectivity index is 2.11. The molecule has 2 rings (SSSR count). The van der Waals surface area contributed by atoms with Gasteiger partial charge in [-0.1, -0.05) is 13.8 Å². The van der Waals surface area contributed by atoms with Gasteiger partial charge in [0, 0.05) is 5.69 Å². The number of aryl methyl sites for hydroxylation is 1. The van der Waals surface area contributed by atoms with E-state index in [4.69, 9.17) is 0 Å². The molecule has 0 radical (unpaired) electrons. The Hall–Kier alpha value is -1.80. The molecule has 5 heteroatoms. The Morgan fingerprint density at radius 1 is 1.35 bits per heavy atom. The van der Waals surface area contributed by atoms with Crippen molar-refractivity contribution >= 4 is 11.7 Å². The van der Waals surface area contributed by atoms with Crippen LogP contribution in [0, 0.1) is 11.3 Å². The molecule has 108 valence electrons. The van der Waals surface area contributed by atoms with Crippen LogP contribution in [0.1, 0.15) is 43.5 Å². The summed E-state index contributed by atoms with van der Waals surface area (Å²) >= 11 is 0. The molecule has 0 unspecified atom stereocenters. The SMILES string of the molecule is CCN(CC)CC(=O)Nc1[nH]c2c(c1C#N)CCCC2. The van der Waals surface area contributed by atoms with Crippen LogP contribution in [0.2, 0.25) is 0 Å². The molecular formula is C15H22N4O. The van der Waals surface area contributed by atoms with Gasteiger partial charge in [0.15, 0.2) is 0 Å². The lowest BCUT2D eigenvalue weighted by Crippen LogP contribution is -2.33. The van der Waals surface area contributed by atoms with Crippen LogP contribution < -0.4 is 5.32 Å². The summed E-state index contributed by atoms with van der Waals surface area (Å²) in [5.74, 6) is 0.514. The zero-order valence-corrected chi connectivity index (χ0v) is 12.3. The molecule has 0 spiro atoms. The third kappa shape index (κ3) is 3.02. The smallest absolute Gasteiger partial charge is 0.239 e. The third-order valence-electron chi connectivity index (χ3n) is 3.93. The van der Waals surface area contributed by atoms with Gasteiger partial charge in [-0.05, 0) is 44.3 Å². The van der Waals surface area contributed by atoms with Crippen molar-refractivity contribution in [1.82, 2.24) is 9.88 Å². The Labute approximate surface area is 120 Å². The first-order chi connectivity index (χ1) is 9.69. The van der Waals surface area contributed by atoms with Crippen LogP contribution in [0.4, 0.5) is 5.82 Å². The van der Waals surface area contributed by atoms with Gasteiger partial charge in [0.25, 0.3) is 0 Å². The van der Waals surface area contributed by atoms with Gasteiger partial charge in [-0.2, -0.15) is 5.26 Å². The summed E-state index contributed by atoms with van der Waals surface area (Å²) in [6, 6.07) is 2.23. The first kappa shape index (κ1) is 14.6. The van der Waals surface area contributed by atoms with Gasteiger partial charge in [0.2, 0.25) is 5.91 Å².